The molecule has 0 unspecified atom stereocenters. The maximum Gasteiger partial charge on any atom is 0.405 e. The maximum absolute atomic E-state index is 12.3. The predicted molar refractivity (Wildman–Crippen MR) is 95.7 cm³/mol. The standard InChI is InChI=1S/C18H17F3N2O4S/c19-18(20,21)11-22-15(24)10-27-17(26)13(9-12-5-2-1-3-6-12)23-16(25)14-7-4-8-28-14/h1-8,13H,9-11H2,(H,22,24)(H,23,25)/t13-/m0/s1. The van der Waals surface area contributed by atoms with Crippen LogP contribution in [0.5, 0.6) is 0 Å². The van der Waals surface area contributed by atoms with Gasteiger partial charge in [-0.05, 0) is 17.0 Å². The average molecular weight is 414 g/mol. The van der Waals surface area contributed by atoms with Gasteiger partial charge in [0.2, 0.25) is 0 Å². The Balaban J connectivity index is 1.98. The lowest BCUT2D eigenvalue weighted by Gasteiger charge is -2.17. The van der Waals surface area contributed by atoms with Crippen LogP contribution in [0, 0.1) is 0 Å². The minimum Gasteiger partial charge on any atom is -0.454 e. The molecule has 1 aromatic heterocycles. The summed E-state index contributed by atoms with van der Waals surface area (Å²) in [5.74, 6) is -2.50. The molecule has 2 N–H and O–H groups in total. The Labute approximate surface area is 162 Å². The first-order valence-corrected chi connectivity index (χ1v) is 9.01. The zero-order chi connectivity index (χ0) is 20.6. The van der Waals surface area contributed by atoms with Gasteiger partial charge < -0.3 is 15.4 Å². The Morgan fingerprint density at radius 1 is 1.07 bits per heavy atom. The summed E-state index contributed by atoms with van der Waals surface area (Å²) in [5, 5.41) is 5.83. The smallest absolute Gasteiger partial charge is 0.405 e. The summed E-state index contributed by atoms with van der Waals surface area (Å²) in [4.78, 5) is 36.4. The van der Waals surface area contributed by atoms with Gasteiger partial charge in [-0.25, -0.2) is 4.79 Å². The maximum atomic E-state index is 12.3. The number of thiophene rings is 1. The number of hydrogen-bond acceptors (Lipinski definition) is 5. The number of carbonyl (C=O) groups is 3. The molecular weight excluding hydrogens is 397 g/mol. The minimum atomic E-state index is -4.57. The van der Waals surface area contributed by atoms with Crippen LogP contribution in [-0.4, -0.2) is 43.2 Å². The molecule has 0 saturated carbocycles. The molecule has 28 heavy (non-hydrogen) atoms. The quantitative estimate of drug-likeness (QED) is 0.650. The first kappa shape index (κ1) is 21.4. The minimum absolute atomic E-state index is 0.0982. The van der Waals surface area contributed by atoms with Crippen LogP contribution < -0.4 is 10.6 Å². The van der Waals surface area contributed by atoms with Crippen LogP contribution in [0.2, 0.25) is 0 Å². The van der Waals surface area contributed by atoms with Crippen molar-refractivity contribution in [3.63, 3.8) is 0 Å². The Kier molecular flexibility index (Phi) is 7.56. The van der Waals surface area contributed by atoms with E-state index in [-0.39, 0.29) is 6.42 Å². The van der Waals surface area contributed by atoms with Gasteiger partial charge in [0.15, 0.2) is 6.61 Å². The van der Waals surface area contributed by atoms with Crippen molar-refractivity contribution in [1.82, 2.24) is 10.6 Å². The van der Waals surface area contributed by atoms with Crippen LogP contribution in [-0.2, 0) is 20.7 Å². The summed E-state index contributed by atoms with van der Waals surface area (Å²) >= 11 is 1.18. The monoisotopic (exact) mass is 414 g/mol. The molecule has 6 nitrogen and oxygen atoms in total. The summed E-state index contributed by atoms with van der Waals surface area (Å²) < 4.78 is 41.1. The summed E-state index contributed by atoms with van der Waals surface area (Å²) in [6.45, 7) is -2.40. The largest absolute Gasteiger partial charge is 0.454 e. The third-order valence-corrected chi connectivity index (χ3v) is 4.32. The van der Waals surface area contributed by atoms with Crippen molar-refractivity contribution in [1.29, 1.82) is 0 Å². The zero-order valence-electron chi connectivity index (χ0n) is 14.5. The molecule has 0 bridgehead atoms. The van der Waals surface area contributed by atoms with Gasteiger partial charge in [-0.15, -0.1) is 11.3 Å². The second-order valence-electron chi connectivity index (χ2n) is 5.69. The van der Waals surface area contributed by atoms with E-state index in [2.05, 4.69) is 5.32 Å². The number of esters is 1. The van der Waals surface area contributed by atoms with E-state index < -0.39 is 43.2 Å². The number of halogens is 3. The lowest BCUT2D eigenvalue weighted by Crippen LogP contribution is -2.44. The normalized spacial score (nSPS) is 12.1. The topological polar surface area (TPSA) is 84.5 Å². The first-order valence-electron chi connectivity index (χ1n) is 8.13. The van der Waals surface area contributed by atoms with Gasteiger partial charge in [-0.2, -0.15) is 13.2 Å². The van der Waals surface area contributed by atoms with Crippen LogP contribution in [0.3, 0.4) is 0 Å². The van der Waals surface area contributed by atoms with E-state index in [1.54, 1.807) is 53.2 Å². The van der Waals surface area contributed by atoms with E-state index >= 15 is 0 Å². The second-order valence-corrected chi connectivity index (χ2v) is 6.64. The fraction of sp³-hybridized carbons (Fsp3) is 0.278. The molecule has 0 saturated heterocycles. The summed E-state index contributed by atoms with van der Waals surface area (Å²) in [6, 6.07) is 10.9. The molecule has 2 amide bonds. The number of alkyl halides is 3. The molecule has 150 valence electrons. The molecule has 1 heterocycles. The highest BCUT2D eigenvalue weighted by molar-refractivity contribution is 7.12. The summed E-state index contributed by atoms with van der Waals surface area (Å²) in [7, 11) is 0. The Morgan fingerprint density at radius 2 is 1.79 bits per heavy atom. The van der Waals surface area contributed by atoms with E-state index in [0.717, 1.165) is 5.56 Å². The van der Waals surface area contributed by atoms with Gasteiger partial charge in [0.05, 0.1) is 4.88 Å². The molecule has 0 aliphatic rings. The van der Waals surface area contributed by atoms with Crippen LogP contribution in [0.15, 0.2) is 47.8 Å². The number of carbonyl (C=O) groups excluding carboxylic acids is 3. The highest BCUT2D eigenvalue weighted by Crippen LogP contribution is 2.12. The van der Waals surface area contributed by atoms with Crippen molar-refractivity contribution in [3.05, 3.63) is 58.3 Å². The molecule has 1 aromatic carbocycles. The lowest BCUT2D eigenvalue weighted by molar-refractivity contribution is -0.152. The van der Waals surface area contributed by atoms with E-state index in [4.69, 9.17) is 4.74 Å². The summed E-state index contributed by atoms with van der Waals surface area (Å²) in [6.07, 6.45) is -4.47. The van der Waals surface area contributed by atoms with Gasteiger partial charge >= 0.3 is 12.1 Å². The number of amides is 2. The number of nitrogens with one attached hydrogen (secondary N) is 2. The molecule has 2 aromatic rings. The Morgan fingerprint density at radius 3 is 2.39 bits per heavy atom. The molecular formula is C18H17F3N2O4S. The van der Waals surface area contributed by atoms with Crippen LogP contribution in [0.25, 0.3) is 0 Å². The first-order chi connectivity index (χ1) is 13.2. The number of hydrogen-bond donors (Lipinski definition) is 2. The SMILES string of the molecule is O=C(COC(=O)[C@H](Cc1ccccc1)NC(=O)c1cccs1)NCC(F)(F)F. The van der Waals surface area contributed by atoms with Crippen molar-refractivity contribution in [3.8, 4) is 0 Å². The highest BCUT2D eigenvalue weighted by atomic mass is 32.1. The Hall–Kier alpha value is -2.88. The second kappa shape index (κ2) is 9.88. The Bertz CT molecular complexity index is 795. The fourth-order valence-electron chi connectivity index (χ4n) is 2.17. The lowest BCUT2D eigenvalue weighted by atomic mass is 10.1. The van der Waals surface area contributed by atoms with E-state index in [1.165, 1.54) is 11.3 Å². The van der Waals surface area contributed by atoms with Crippen LogP contribution in [0.1, 0.15) is 15.2 Å². The van der Waals surface area contributed by atoms with Crippen molar-refractivity contribution < 1.29 is 32.3 Å². The number of rotatable bonds is 8. The van der Waals surface area contributed by atoms with Crippen LogP contribution >= 0.6 is 11.3 Å². The number of ether oxygens (including phenoxy) is 1. The van der Waals surface area contributed by atoms with Gasteiger partial charge in [0.25, 0.3) is 11.8 Å². The highest BCUT2D eigenvalue weighted by Gasteiger charge is 2.28. The van der Waals surface area contributed by atoms with E-state index in [9.17, 15) is 27.6 Å². The predicted octanol–water partition coefficient (Wildman–Crippen LogP) is 2.31. The van der Waals surface area contributed by atoms with Gasteiger partial charge in [0.1, 0.15) is 12.6 Å². The van der Waals surface area contributed by atoms with E-state index in [1.807, 2.05) is 0 Å². The van der Waals surface area contributed by atoms with Gasteiger partial charge in [-0.1, -0.05) is 36.4 Å². The molecule has 0 fully saturated rings. The third-order valence-electron chi connectivity index (χ3n) is 3.45. The molecule has 2 rings (SSSR count). The number of benzene rings is 1. The van der Waals surface area contributed by atoms with Crippen molar-refractivity contribution in [2.75, 3.05) is 13.2 Å². The van der Waals surface area contributed by atoms with Crippen LogP contribution in [0.4, 0.5) is 13.2 Å². The van der Waals surface area contributed by atoms with Gasteiger partial charge in [0, 0.05) is 6.42 Å². The molecule has 10 heteroatoms. The average Bonchev–Trinajstić information content (AvgIpc) is 3.19. The molecule has 0 radical (unpaired) electrons. The third kappa shape index (κ3) is 7.39. The van der Waals surface area contributed by atoms with Crippen molar-refractivity contribution in [2.24, 2.45) is 0 Å². The molecule has 0 aliphatic heterocycles. The zero-order valence-corrected chi connectivity index (χ0v) is 15.3. The summed E-state index contributed by atoms with van der Waals surface area (Å²) in [5.41, 5.74) is 0.734. The van der Waals surface area contributed by atoms with Crippen molar-refractivity contribution in [2.45, 2.75) is 18.6 Å². The molecule has 1 atom stereocenters. The molecule has 0 aliphatic carbocycles. The van der Waals surface area contributed by atoms with Crippen molar-refractivity contribution >= 4 is 29.1 Å². The van der Waals surface area contributed by atoms with E-state index in [0.29, 0.717) is 4.88 Å². The van der Waals surface area contributed by atoms with Gasteiger partial charge in [-0.3, -0.25) is 9.59 Å². The molecule has 0 spiro atoms. The fourth-order valence-corrected chi connectivity index (χ4v) is 2.79.